The lowest BCUT2D eigenvalue weighted by Gasteiger charge is -2.25. The predicted octanol–water partition coefficient (Wildman–Crippen LogP) is 2.56. The van der Waals surface area contributed by atoms with E-state index < -0.39 is 22.5 Å². The number of anilines is 1. The average molecular weight is 494 g/mol. The van der Waals surface area contributed by atoms with Crippen LogP contribution in [0.4, 0.5) is 5.69 Å². The molecule has 1 aliphatic rings. The molecule has 178 valence electrons. The van der Waals surface area contributed by atoms with Crippen LogP contribution >= 0.6 is 11.6 Å². The molecule has 0 unspecified atom stereocenters. The van der Waals surface area contributed by atoms with E-state index in [-0.39, 0.29) is 23.5 Å². The van der Waals surface area contributed by atoms with Gasteiger partial charge in [-0.2, -0.15) is 0 Å². The molecule has 2 aromatic rings. The summed E-state index contributed by atoms with van der Waals surface area (Å²) in [6.45, 7) is 4.03. The molecule has 1 saturated heterocycles. The Morgan fingerprint density at radius 3 is 2.55 bits per heavy atom. The Morgan fingerprint density at radius 1 is 1.15 bits per heavy atom. The van der Waals surface area contributed by atoms with Gasteiger partial charge in [-0.3, -0.25) is 9.59 Å². The largest absolute Gasteiger partial charge is 0.376 e. The summed E-state index contributed by atoms with van der Waals surface area (Å²) in [5.74, 6) is -0.895. The fourth-order valence-corrected chi connectivity index (χ4v) is 4.60. The summed E-state index contributed by atoms with van der Waals surface area (Å²) in [4.78, 5) is 27.0. The van der Waals surface area contributed by atoms with Crippen molar-refractivity contribution >= 4 is 39.1 Å². The van der Waals surface area contributed by atoms with Gasteiger partial charge >= 0.3 is 0 Å². The van der Waals surface area contributed by atoms with Crippen LogP contribution in [0.3, 0.4) is 0 Å². The van der Waals surface area contributed by atoms with Crippen molar-refractivity contribution in [3.8, 4) is 0 Å². The van der Waals surface area contributed by atoms with Crippen molar-refractivity contribution in [1.29, 1.82) is 0 Å². The minimum atomic E-state index is -3.93. The number of carbonyl (C=O) groups excluding carboxylic acids is 2. The number of amides is 2. The molecular formula is C23H28ClN3O5S. The van der Waals surface area contributed by atoms with E-state index in [4.69, 9.17) is 16.3 Å². The lowest BCUT2D eigenvalue weighted by molar-refractivity contribution is -0.123. The maximum absolute atomic E-state index is 13.1. The highest BCUT2D eigenvalue weighted by Crippen LogP contribution is 2.22. The van der Waals surface area contributed by atoms with Crippen LogP contribution < -0.4 is 14.9 Å². The third-order valence-electron chi connectivity index (χ3n) is 5.35. The van der Waals surface area contributed by atoms with Gasteiger partial charge in [-0.1, -0.05) is 23.7 Å². The Bertz CT molecular complexity index is 1100. The normalized spacial score (nSPS) is 15.9. The quantitative estimate of drug-likeness (QED) is 0.558. The lowest BCUT2D eigenvalue weighted by atomic mass is 10.1. The molecule has 2 aromatic carbocycles. The number of nitrogens with one attached hydrogen (secondary N) is 2. The smallest absolute Gasteiger partial charge is 0.242 e. The number of hydrogen-bond acceptors (Lipinski definition) is 5. The van der Waals surface area contributed by atoms with Crippen LogP contribution in [-0.2, 0) is 24.3 Å². The van der Waals surface area contributed by atoms with Crippen molar-refractivity contribution in [3.05, 3.63) is 58.6 Å². The first-order valence-electron chi connectivity index (χ1n) is 10.7. The lowest BCUT2D eigenvalue weighted by Crippen LogP contribution is -2.46. The average Bonchev–Trinajstić information content (AvgIpc) is 3.30. The zero-order valence-corrected chi connectivity index (χ0v) is 20.2. The van der Waals surface area contributed by atoms with E-state index in [2.05, 4.69) is 10.0 Å². The number of halogens is 1. The minimum absolute atomic E-state index is 0.00714. The van der Waals surface area contributed by atoms with Crippen molar-refractivity contribution in [2.24, 2.45) is 0 Å². The first-order chi connectivity index (χ1) is 15.7. The number of sulfonamides is 1. The Labute approximate surface area is 199 Å². The second-order valence-electron chi connectivity index (χ2n) is 7.99. The first-order valence-corrected chi connectivity index (χ1v) is 12.5. The summed E-state index contributed by atoms with van der Waals surface area (Å²) < 4.78 is 33.0. The van der Waals surface area contributed by atoms with Gasteiger partial charge < -0.3 is 15.0 Å². The van der Waals surface area contributed by atoms with Crippen LogP contribution in [0.2, 0.25) is 5.02 Å². The van der Waals surface area contributed by atoms with Gasteiger partial charge in [0.1, 0.15) is 6.54 Å². The van der Waals surface area contributed by atoms with Gasteiger partial charge in [0.15, 0.2) is 0 Å². The van der Waals surface area contributed by atoms with E-state index in [1.54, 1.807) is 6.07 Å². The van der Waals surface area contributed by atoms with Crippen LogP contribution in [0, 0.1) is 13.8 Å². The molecule has 33 heavy (non-hydrogen) atoms. The number of aryl methyl sites for hydroxylation is 2. The van der Waals surface area contributed by atoms with Crippen LogP contribution in [0.1, 0.15) is 24.0 Å². The van der Waals surface area contributed by atoms with Crippen LogP contribution in [0.5, 0.6) is 0 Å². The molecule has 0 aliphatic carbocycles. The number of rotatable bonds is 9. The molecule has 2 amide bonds. The van der Waals surface area contributed by atoms with E-state index in [9.17, 15) is 18.0 Å². The summed E-state index contributed by atoms with van der Waals surface area (Å²) in [5.41, 5.74) is 2.26. The molecule has 0 saturated carbocycles. The van der Waals surface area contributed by atoms with Gasteiger partial charge in [0.05, 0.1) is 17.5 Å². The molecule has 1 aliphatic heterocycles. The second kappa shape index (κ2) is 11.1. The Kier molecular flexibility index (Phi) is 8.47. The van der Waals surface area contributed by atoms with E-state index >= 15 is 0 Å². The molecule has 10 heteroatoms. The van der Waals surface area contributed by atoms with Crippen LogP contribution in [0.15, 0.2) is 47.4 Å². The molecule has 8 nitrogen and oxygen atoms in total. The van der Waals surface area contributed by atoms with Gasteiger partial charge in [0, 0.05) is 23.9 Å². The second-order valence-corrected chi connectivity index (χ2v) is 10.2. The van der Waals surface area contributed by atoms with Crippen molar-refractivity contribution in [2.45, 2.75) is 37.7 Å². The van der Waals surface area contributed by atoms with Gasteiger partial charge in [0.2, 0.25) is 21.8 Å². The Balaban J connectivity index is 1.73. The number of hydrogen-bond donors (Lipinski definition) is 2. The molecule has 0 spiro atoms. The van der Waals surface area contributed by atoms with Gasteiger partial charge in [-0.15, -0.1) is 0 Å². The predicted molar refractivity (Wildman–Crippen MR) is 127 cm³/mol. The highest BCUT2D eigenvalue weighted by molar-refractivity contribution is 7.89. The third kappa shape index (κ3) is 7.01. The van der Waals surface area contributed by atoms with E-state index in [1.807, 2.05) is 26.0 Å². The van der Waals surface area contributed by atoms with Crippen molar-refractivity contribution in [1.82, 2.24) is 10.0 Å². The molecule has 0 aromatic heterocycles. The number of nitrogens with zero attached hydrogens (tertiary/aromatic N) is 1. The molecule has 1 atom stereocenters. The summed E-state index contributed by atoms with van der Waals surface area (Å²) >= 11 is 5.82. The maximum Gasteiger partial charge on any atom is 0.242 e. The van der Waals surface area contributed by atoms with Crippen molar-refractivity contribution < 1.29 is 22.7 Å². The van der Waals surface area contributed by atoms with Crippen molar-refractivity contribution in [3.63, 3.8) is 0 Å². The van der Waals surface area contributed by atoms with Gasteiger partial charge in [0.25, 0.3) is 0 Å². The van der Waals surface area contributed by atoms with Gasteiger partial charge in [-0.25, -0.2) is 13.1 Å². The Hall–Kier alpha value is -2.46. The van der Waals surface area contributed by atoms with Crippen LogP contribution in [0.25, 0.3) is 0 Å². The maximum atomic E-state index is 13.1. The minimum Gasteiger partial charge on any atom is -0.376 e. The zero-order valence-electron chi connectivity index (χ0n) is 18.6. The molecule has 1 heterocycles. The van der Waals surface area contributed by atoms with Gasteiger partial charge in [-0.05, 0) is 68.1 Å². The summed E-state index contributed by atoms with van der Waals surface area (Å²) in [6, 6.07) is 11.2. The monoisotopic (exact) mass is 493 g/mol. The summed E-state index contributed by atoms with van der Waals surface area (Å²) in [6.07, 6.45) is 1.82. The highest BCUT2D eigenvalue weighted by Gasteiger charge is 2.24. The van der Waals surface area contributed by atoms with E-state index in [1.165, 1.54) is 29.2 Å². The fourth-order valence-electron chi connectivity index (χ4n) is 3.50. The summed E-state index contributed by atoms with van der Waals surface area (Å²) in [5, 5.41) is 3.21. The molecule has 1 fully saturated rings. The highest BCUT2D eigenvalue weighted by atomic mass is 35.5. The molecular weight excluding hydrogens is 466 g/mol. The SMILES string of the molecule is Cc1ccc(C)c(N(CC(=O)NC[C@H]2CCCO2)C(=O)CNS(=O)(=O)c2ccc(Cl)cc2)c1. The molecule has 0 bridgehead atoms. The van der Waals surface area contributed by atoms with Crippen molar-refractivity contribution in [2.75, 3.05) is 31.1 Å². The zero-order chi connectivity index (χ0) is 24.0. The third-order valence-corrected chi connectivity index (χ3v) is 7.02. The van der Waals surface area contributed by atoms with E-state index in [0.717, 1.165) is 24.0 Å². The molecule has 3 rings (SSSR count). The van der Waals surface area contributed by atoms with Crippen LogP contribution in [-0.4, -0.2) is 52.6 Å². The molecule has 0 radical (unpaired) electrons. The number of carbonyl (C=O) groups is 2. The first kappa shape index (κ1) is 25.2. The Morgan fingerprint density at radius 2 is 1.88 bits per heavy atom. The van der Waals surface area contributed by atoms with E-state index in [0.29, 0.717) is 23.9 Å². The standard InChI is InChI=1S/C23H28ClN3O5S/c1-16-5-6-17(2)21(12-16)27(15-22(28)25-13-19-4-3-11-32-19)23(29)14-26-33(30,31)20-9-7-18(24)8-10-20/h5-10,12,19,26H,3-4,11,13-15H2,1-2H3,(H,25,28)/t19-/m1/s1. The number of ether oxygens (including phenoxy) is 1. The summed E-state index contributed by atoms with van der Waals surface area (Å²) in [7, 11) is -3.93. The number of benzene rings is 2. The fraction of sp³-hybridized carbons (Fsp3) is 0.391. The molecule has 2 N–H and O–H groups in total. The topological polar surface area (TPSA) is 105 Å².